The van der Waals surface area contributed by atoms with Gasteiger partial charge in [0.1, 0.15) is 0 Å². The van der Waals surface area contributed by atoms with Crippen molar-refractivity contribution < 1.29 is 4.74 Å². The summed E-state index contributed by atoms with van der Waals surface area (Å²) in [5, 5.41) is 4.43. The monoisotopic (exact) mass is 277 g/mol. The van der Waals surface area contributed by atoms with Gasteiger partial charge in [0.05, 0.1) is 13.2 Å². The summed E-state index contributed by atoms with van der Waals surface area (Å²) >= 11 is 1.80. The molecule has 0 radical (unpaired) electrons. The molecule has 0 aromatic heterocycles. The van der Waals surface area contributed by atoms with Gasteiger partial charge in [0, 0.05) is 36.8 Å². The van der Waals surface area contributed by atoms with Crippen LogP contribution in [0.25, 0.3) is 0 Å². The summed E-state index contributed by atoms with van der Waals surface area (Å²) in [7, 11) is 0. The fourth-order valence-electron chi connectivity index (χ4n) is 2.24. The Morgan fingerprint density at radius 2 is 1.95 bits per heavy atom. The Morgan fingerprint density at radius 3 is 2.63 bits per heavy atom. The fraction of sp³-hybridized carbons (Fsp3) is 0.500. The largest absolute Gasteiger partial charge is 0.378 e. The van der Waals surface area contributed by atoms with E-state index in [4.69, 9.17) is 4.74 Å². The molecule has 0 aliphatic carbocycles. The van der Waals surface area contributed by atoms with Crippen molar-refractivity contribution in [1.82, 2.24) is 0 Å². The molecule has 4 nitrogen and oxygen atoms in total. The van der Waals surface area contributed by atoms with Gasteiger partial charge < -0.3 is 15.0 Å². The van der Waals surface area contributed by atoms with Gasteiger partial charge in [-0.05, 0) is 30.7 Å². The smallest absolute Gasteiger partial charge is 0.161 e. The molecule has 0 amide bonds. The van der Waals surface area contributed by atoms with E-state index in [9.17, 15) is 0 Å². The third-order valence-corrected chi connectivity index (χ3v) is 4.29. The highest BCUT2D eigenvalue weighted by Crippen LogP contribution is 2.21. The maximum atomic E-state index is 5.37. The predicted molar refractivity (Wildman–Crippen MR) is 82.5 cm³/mol. The molecule has 2 aliphatic rings. The predicted octanol–water partition coefficient (Wildman–Crippen LogP) is 2.43. The Hall–Kier alpha value is -1.20. The van der Waals surface area contributed by atoms with Crippen molar-refractivity contribution in [3.05, 3.63) is 24.3 Å². The average molecular weight is 277 g/mol. The lowest BCUT2D eigenvalue weighted by molar-refractivity contribution is 0.122. The molecular formula is C14H19N3OS. The van der Waals surface area contributed by atoms with Crippen LogP contribution in [0.3, 0.4) is 0 Å². The minimum Gasteiger partial charge on any atom is -0.378 e. The highest BCUT2D eigenvalue weighted by Gasteiger charge is 2.11. The summed E-state index contributed by atoms with van der Waals surface area (Å²) in [5.41, 5.74) is 2.39. The summed E-state index contributed by atoms with van der Waals surface area (Å²) in [6.07, 6.45) is 1.19. The van der Waals surface area contributed by atoms with Crippen molar-refractivity contribution in [3.8, 4) is 0 Å². The summed E-state index contributed by atoms with van der Waals surface area (Å²) < 4.78 is 5.37. The van der Waals surface area contributed by atoms with Gasteiger partial charge in [0.25, 0.3) is 0 Å². The van der Waals surface area contributed by atoms with Crippen molar-refractivity contribution >= 4 is 28.3 Å². The number of thioether (sulfide) groups is 1. The van der Waals surface area contributed by atoms with Crippen LogP contribution in [0.15, 0.2) is 29.3 Å². The van der Waals surface area contributed by atoms with Crippen LogP contribution in [0.5, 0.6) is 0 Å². The van der Waals surface area contributed by atoms with Gasteiger partial charge in [-0.15, -0.1) is 0 Å². The minimum atomic E-state index is 0.827. The third-order valence-electron chi connectivity index (χ3n) is 3.29. The van der Waals surface area contributed by atoms with Gasteiger partial charge >= 0.3 is 0 Å². The second-order valence-corrected chi connectivity index (χ2v) is 5.74. The molecule has 0 spiro atoms. The molecule has 1 fully saturated rings. The number of hydrogen-bond donors (Lipinski definition) is 1. The van der Waals surface area contributed by atoms with Crippen molar-refractivity contribution in [2.75, 3.05) is 48.8 Å². The van der Waals surface area contributed by atoms with E-state index in [2.05, 4.69) is 39.5 Å². The van der Waals surface area contributed by atoms with E-state index in [1.807, 2.05) is 0 Å². The molecule has 1 saturated heterocycles. The first kappa shape index (κ1) is 12.8. The van der Waals surface area contributed by atoms with E-state index in [0.717, 1.165) is 49.5 Å². The zero-order chi connectivity index (χ0) is 12.9. The third kappa shape index (κ3) is 3.42. The van der Waals surface area contributed by atoms with E-state index in [1.165, 1.54) is 12.1 Å². The summed E-state index contributed by atoms with van der Waals surface area (Å²) in [4.78, 5) is 6.84. The zero-order valence-corrected chi connectivity index (χ0v) is 11.8. The number of nitrogens with one attached hydrogen (secondary N) is 1. The van der Waals surface area contributed by atoms with Crippen LogP contribution in [0.2, 0.25) is 0 Å². The van der Waals surface area contributed by atoms with E-state index in [1.54, 1.807) is 11.8 Å². The SMILES string of the molecule is c1cc(N2CCOCC2)ccc1NC1=NCCCS1. The van der Waals surface area contributed by atoms with Crippen molar-refractivity contribution in [2.24, 2.45) is 4.99 Å². The van der Waals surface area contributed by atoms with Gasteiger partial charge in [-0.1, -0.05) is 11.8 Å². The highest BCUT2D eigenvalue weighted by atomic mass is 32.2. The number of anilines is 2. The number of ether oxygens (including phenoxy) is 1. The van der Waals surface area contributed by atoms with Gasteiger partial charge in [-0.3, -0.25) is 4.99 Å². The summed E-state index contributed by atoms with van der Waals surface area (Å²) in [6.45, 7) is 4.56. The van der Waals surface area contributed by atoms with E-state index in [-0.39, 0.29) is 0 Å². The van der Waals surface area contributed by atoms with Gasteiger partial charge in [-0.25, -0.2) is 0 Å². The lowest BCUT2D eigenvalue weighted by Crippen LogP contribution is -2.36. The van der Waals surface area contributed by atoms with Crippen LogP contribution in [0.4, 0.5) is 11.4 Å². The molecule has 1 aromatic rings. The van der Waals surface area contributed by atoms with Crippen LogP contribution >= 0.6 is 11.8 Å². The Labute approximate surface area is 118 Å². The first-order valence-electron chi connectivity index (χ1n) is 6.79. The van der Waals surface area contributed by atoms with E-state index >= 15 is 0 Å². The maximum absolute atomic E-state index is 5.37. The second-order valence-electron chi connectivity index (χ2n) is 4.66. The number of rotatable bonds is 2. The number of aliphatic imine (C=N–C) groups is 1. The Kier molecular flexibility index (Phi) is 4.25. The normalized spacial score (nSPS) is 20.0. The topological polar surface area (TPSA) is 36.9 Å². The van der Waals surface area contributed by atoms with E-state index in [0.29, 0.717) is 0 Å². The molecule has 0 bridgehead atoms. The molecule has 19 heavy (non-hydrogen) atoms. The fourth-order valence-corrected chi connectivity index (χ4v) is 3.08. The maximum Gasteiger partial charge on any atom is 0.161 e. The van der Waals surface area contributed by atoms with Gasteiger partial charge in [0.15, 0.2) is 5.17 Å². The van der Waals surface area contributed by atoms with Crippen molar-refractivity contribution in [1.29, 1.82) is 0 Å². The molecule has 2 aliphatic heterocycles. The first-order chi connectivity index (χ1) is 9.42. The Morgan fingerprint density at radius 1 is 1.16 bits per heavy atom. The highest BCUT2D eigenvalue weighted by molar-refractivity contribution is 8.14. The molecule has 2 heterocycles. The van der Waals surface area contributed by atoms with Crippen LogP contribution in [0.1, 0.15) is 6.42 Å². The standard InChI is InChI=1S/C14H19N3OS/c1-6-15-14(19-11-1)16-12-2-4-13(5-3-12)17-7-9-18-10-8-17/h2-5H,1,6-11H2,(H,15,16). The molecule has 1 N–H and O–H groups in total. The van der Waals surface area contributed by atoms with E-state index < -0.39 is 0 Å². The summed E-state index contributed by atoms with van der Waals surface area (Å²) in [6, 6.07) is 8.59. The van der Waals surface area contributed by atoms with Crippen LogP contribution < -0.4 is 10.2 Å². The molecule has 0 atom stereocenters. The van der Waals surface area contributed by atoms with Crippen molar-refractivity contribution in [3.63, 3.8) is 0 Å². The molecule has 0 unspecified atom stereocenters. The van der Waals surface area contributed by atoms with Crippen LogP contribution in [0, 0.1) is 0 Å². The van der Waals surface area contributed by atoms with Crippen LogP contribution in [-0.4, -0.2) is 43.8 Å². The minimum absolute atomic E-state index is 0.827. The number of benzene rings is 1. The average Bonchev–Trinajstić information content (AvgIpc) is 2.50. The first-order valence-corrected chi connectivity index (χ1v) is 7.77. The lowest BCUT2D eigenvalue weighted by Gasteiger charge is -2.29. The Balaban J connectivity index is 1.63. The van der Waals surface area contributed by atoms with Crippen LogP contribution in [-0.2, 0) is 4.74 Å². The quantitative estimate of drug-likeness (QED) is 0.901. The number of nitrogens with zero attached hydrogens (tertiary/aromatic N) is 2. The zero-order valence-electron chi connectivity index (χ0n) is 11.0. The molecule has 102 valence electrons. The number of morpholine rings is 1. The lowest BCUT2D eigenvalue weighted by atomic mass is 10.2. The second kappa shape index (κ2) is 6.30. The Bertz CT molecular complexity index is 441. The molecule has 0 saturated carbocycles. The molecule has 5 heteroatoms. The van der Waals surface area contributed by atoms with Gasteiger partial charge in [0.2, 0.25) is 0 Å². The van der Waals surface area contributed by atoms with Crippen molar-refractivity contribution in [2.45, 2.75) is 6.42 Å². The molecule has 3 rings (SSSR count). The molecular weight excluding hydrogens is 258 g/mol. The number of amidine groups is 1. The summed E-state index contributed by atoms with van der Waals surface area (Å²) in [5.74, 6) is 1.16. The number of hydrogen-bond acceptors (Lipinski definition) is 5. The van der Waals surface area contributed by atoms with Gasteiger partial charge in [-0.2, -0.15) is 0 Å². The molecule has 1 aromatic carbocycles.